The van der Waals surface area contributed by atoms with Crippen LogP contribution in [0.3, 0.4) is 0 Å². The van der Waals surface area contributed by atoms with Gasteiger partial charge < -0.3 is 19.5 Å². The maximum Gasteiger partial charge on any atom is 0.234 e. The fourth-order valence-electron chi connectivity index (χ4n) is 2.29. The maximum atomic E-state index is 12.5. The first-order valence-electron chi connectivity index (χ1n) is 7.33. The highest BCUT2D eigenvalue weighted by atomic mass is 32.1. The molecular formula is C17H19NO4S. The van der Waals surface area contributed by atoms with Crippen molar-refractivity contribution in [3.8, 4) is 5.75 Å². The Bertz CT molecular complexity index is 646. The van der Waals surface area contributed by atoms with Gasteiger partial charge in [-0.15, -0.1) is 11.3 Å². The van der Waals surface area contributed by atoms with E-state index in [0.29, 0.717) is 13.2 Å². The molecule has 2 aromatic rings. The molecule has 1 aliphatic rings. The van der Waals surface area contributed by atoms with Crippen LogP contribution < -0.4 is 10.1 Å². The number of hydrogen-bond donors (Lipinski definition) is 1. The highest BCUT2D eigenvalue weighted by molar-refractivity contribution is 7.10. The van der Waals surface area contributed by atoms with Crippen molar-refractivity contribution in [3.05, 3.63) is 46.7 Å². The molecule has 0 unspecified atom stereocenters. The molecule has 0 bridgehead atoms. The number of methoxy groups -OCH3 is 1. The van der Waals surface area contributed by atoms with E-state index in [-0.39, 0.29) is 12.2 Å². The van der Waals surface area contributed by atoms with Gasteiger partial charge in [-0.3, -0.25) is 4.79 Å². The lowest BCUT2D eigenvalue weighted by Gasteiger charge is -2.35. The Morgan fingerprint density at radius 1 is 1.26 bits per heavy atom. The second-order valence-electron chi connectivity index (χ2n) is 5.71. The van der Waals surface area contributed by atoms with Crippen molar-refractivity contribution in [1.29, 1.82) is 0 Å². The van der Waals surface area contributed by atoms with Crippen LogP contribution in [-0.2, 0) is 14.3 Å². The Kier molecular flexibility index (Phi) is 4.66. The number of hydrogen-bond acceptors (Lipinski definition) is 5. The Morgan fingerprint density at radius 2 is 1.96 bits per heavy atom. The van der Waals surface area contributed by atoms with E-state index in [0.717, 1.165) is 16.3 Å². The Balaban J connectivity index is 1.60. The van der Waals surface area contributed by atoms with Gasteiger partial charge in [-0.25, -0.2) is 0 Å². The third kappa shape index (κ3) is 3.55. The number of carbonyl (C=O) groups is 1. The fourth-order valence-corrected chi connectivity index (χ4v) is 3.00. The molecule has 23 heavy (non-hydrogen) atoms. The zero-order valence-electron chi connectivity index (χ0n) is 13.1. The van der Waals surface area contributed by atoms with Gasteiger partial charge in [0.2, 0.25) is 5.91 Å². The molecule has 6 heteroatoms. The van der Waals surface area contributed by atoms with Crippen LogP contribution >= 0.6 is 11.3 Å². The summed E-state index contributed by atoms with van der Waals surface area (Å²) in [5.74, 6) is 0.629. The summed E-state index contributed by atoms with van der Waals surface area (Å²) < 4.78 is 16.6. The summed E-state index contributed by atoms with van der Waals surface area (Å²) in [6.45, 7) is 2.48. The average Bonchev–Trinajstić information content (AvgIpc) is 3.10. The minimum absolute atomic E-state index is 0.118. The smallest absolute Gasteiger partial charge is 0.234 e. The largest absolute Gasteiger partial charge is 0.497 e. The van der Waals surface area contributed by atoms with Crippen molar-refractivity contribution in [2.45, 2.75) is 13.2 Å². The number of anilines is 1. The van der Waals surface area contributed by atoms with Crippen molar-refractivity contribution in [2.75, 3.05) is 25.6 Å². The molecule has 1 aliphatic heterocycles. The molecule has 1 aromatic carbocycles. The minimum atomic E-state index is -0.715. The molecule has 1 aromatic heterocycles. The quantitative estimate of drug-likeness (QED) is 0.931. The molecule has 0 atom stereocenters. The van der Waals surface area contributed by atoms with Crippen LogP contribution in [0.5, 0.6) is 5.75 Å². The van der Waals surface area contributed by atoms with Gasteiger partial charge in [0.15, 0.2) is 6.29 Å². The first-order chi connectivity index (χ1) is 11.1. The number of thiophene rings is 1. The topological polar surface area (TPSA) is 56.8 Å². The van der Waals surface area contributed by atoms with Gasteiger partial charge in [0.05, 0.1) is 30.6 Å². The maximum absolute atomic E-state index is 12.5. The van der Waals surface area contributed by atoms with Crippen molar-refractivity contribution in [1.82, 2.24) is 0 Å². The molecule has 0 aliphatic carbocycles. The number of ether oxygens (including phenoxy) is 3. The third-order valence-corrected chi connectivity index (χ3v) is 4.67. The van der Waals surface area contributed by atoms with E-state index >= 15 is 0 Å². The normalized spacial score (nSPS) is 24.2. The molecule has 1 N–H and O–H groups in total. The molecule has 0 radical (unpaired) electrons. The van der Waals surface area contributed by atoms with Crippen LogP contribution in [0.25, 0.3) is 0 Å². The lowest BCUT2D eigenvalue weighted by Crippen LogP contribution is -2.45. The lowest BCUT2D eigenvalue weighted by molar-refractivity contribution is -0.225. The molecule has 1 fully saturated rings. The SMILES string of the molecule is COc1ccc(NC(=O)C2(C)COC(c3cccs3)OC2)cc1. The van der Waals surface area contributed by atoms with Crippen molar-refractivity contribution < 1.29 is 19.0 Å². The average molecular weight is 333 g/mol. The molecular weight excluding hydrogens is 314 g/mol. The molecule has 2 heterocycles. The zero-order valence-corrected chi connectivity index (χ0v) is 13.9. The van der Waals surface area contributed by atoms with Gasteiger partial charge in [0.25, 0.3) is 0 Å². The first-order valence-corrected chi connectivity index (χ1v) is 8.21. The Morgan fingerprint density at radius 3 is 2.52 bits per heavy atom. The van der Waals surface area contributed by atoms with Crippen LogP contribution in [0, 0.1) is 5.41 Å². The molecule has 1 amide bonds. The second kappa shape index (κ2) is 6.70. The highest BCUT2D eigenvalue weighted by Crippen LogP contribution is 2.34. The Hall–Kier alpha value is -1.89. The number of nitrogens with one attached hydrogen (secondary N) is 1. The van der Waals surface area contributed by atoms with E-state index in [2.05, 4.69) is 5.32 Å². The second-order valence-corrected chi connectivity index (χ2v) is 6.69. The van der Waals surface area contributed by atoms with Crippen LogP contribution in [0.1, 0.15) is 18.1 Å². The van der Waals surface area contributed by atoms with Gasteiger partial charge in [-0.1, -0.05) is 6.07 Å². The van der Waals surface area contributed by atoms with Gasteiger partial charge in [0.1, 0.15) is 5.75 Å². The minimum Gasteiger partial charge on any atom is -0.497 e. The predicted molar refractivity (Wildman–Crippen MR) is 88.7 cm³/mol. The van der Waals surface area contributed by atoms with Gasteiger partial charge in [-0.05, 0) is 42.6 Å². The van der Waals surface area contributed by atoms with Crippen molar-refractivity contribution in [3.63, 3.8) is 0 Å². The van der Waals surface area contributed by atoms with Crippen LogP contribution in [0.4, 0.5) is 5.69 Å². The van der Waals surface area contributed by atoms with E-state index in [1.165, 1.54) is 0 Å². The molecule has 1 saturated heterocycles. The molecule has 0 spiro atoms. The molecule has 0 saturated carbocycles. The summed E-state index contributed by atoms with van der Waals surface area (Å²) in [5.41, 5.74) is 0.00522. The summed E-state index contributed by atoms with van der Waals surface area (Å²) in [6.07, 6.45) is -0.378. The summed E-state index contributed by atoms with van der Waals surface area (Å²) in [6, 6.07) is 11.1. The monoisotopic (exact) mass is 333 g/mol. The lowest BCUT2D eigenvalue weighted by atomic mass is 9.90. The van der Waals surface area contributed by atoms with Crippen molar-refractivity contribution in [2.24, 2.45) is 5.41 Å². The molecule has 5 nitrogen and oxygen atoms in total. The van der Waals surface area contributed by atoms with Crippen LogP contribution in [0.2, 0.25) is 0 Å². The first kappa shape index (κ1) is 16.0. The number of carbonyl (C=O) groups excluding carboxylic acids is 1. The van der Waals surface area contributed by atoms with Gasteiger partial charge >= 0.3 is 0 Å². The van der Waals surface area contributed by atoms with E-state index in [4.69, 9.17) is 14.2 Å². The predicted octanol–water partition coefficient (Wildman–Crippen LogP) is 3.45. The van der Waals surface area contributed by atoms with E-state index < -0.39 is 5.41 Å². The van der Waals surface area contributed by atoms with Gasteiger partial charge in [-0.2, -0.15) is 0 Å². The van der Waals surface area contributed by atoms with Gasteiger partial charge in [0, 0.05) is 5.69 Å². The van der Waals surface area contributed by atoms with Crippen molar-refractivity contribution >= 4 is 22.9 Å². The summed E-state index contributed by atoms with van der Waals surface area (Å²) in [5, 5.41) is 4.88. The Labute approximate surface area is 139 Å². The van der Waals surface area contributed by atoms with Crippen LogP contribution in [0.15, 0.2) is 41.8 Å². The molecule has 3 rings (SSSR count). The highest BCUT2D eigenvalue weighted by Gasteiger charge is 2.40. The molecule has 122 valence electrons. The number of amides is 1. The van der Waals surface area contributed by atoms with E-state index in [1.807, 2.05) is 24.4 Å². The number of rotatable bonds is 4. The summed E-state index contributed by atoms with van der Waals surface area (Å²) in [7, 11) is 1.61. The van der Waals surface area contributed by atoms with E-state index in [9.17, 15) is 4.79 Å². The van der Waals surface area contributed by atoms with Crippen LogP contribution in [-0.4, -0.2) is 26.2 Å². The summed E-state index contributed by atoms with van der Waals surface area (Å²) in [4.78, 5) is 13.6. The third-order valence-electron chi connectivity index (χ3n) is 3.78. The fraction of sp³-hybridized carbons (Fsp3) is 0.353. The van der Waals surface area contributed by atoms with E-state index in [1.54, 1.807) is 42.7 Å². The zero-order chi connectivity index (χ0) is 16.3. The standard InChI is InChI=1S/C17H19NO4S/c1-17(10-21-15(22-11-17)14-4-3-9-23-14)16(19)18-12-5-7-13(20-2)8-6-12/h3-9,15H,10-11H2,1-2H3,(H,18,19). The summed E-state index contributed by atoms with van der Waals surface area (Å²) >= 11 is 1.58. The number of benzene rings is 1.